The molecule has 0 atom stereocenters. The molecule has 1 fully saturated rings. The third-order valence-electron chi connectivity index (χ3n) is 4.89. The van der Waals surface area contributed by atoms with Gasteiger partial charge in [-0.2, -0.15) is 0 Å². The van der Waals surface area contributed by atoms with E-state index < -0.39 is 5.41 Å². The number of ether oxygens (including phenoxy) is 2. The molecule has 2 aromatic rings. The lowest BCUT2D eigenvalue weighted by Crippen LogP contribution is -2.40. The summed E-state index contributed by atoms with van der Waals surface area (Å²) in [5.74, 6) is 0.891. The van der Waals surface area contributed by atoms with E-state index in [1.165, 1.54) is 0 Å². The second-order valence-corrected chi connectivity index (χ2v) is 6.82. The Balaban J connectivity index is 1.56. The minimum Gasteiger partial charge on any atom is -0.497 e. The summed E-state index contributed by atoms with van der Waals surface area (Å²) in [6.45, 7) is 2.86. The van der Waals surface area contributed by atoms with Crippen LogP contribution in [0.1, 0.15) is 25.3 Å². The first kappa shape index (κ1) is 19.7. The van der Waals surface area contributed by atoms with E-state index in [1.54, 1.807) is 19.2 Å². The normalized spacial score (nSPS) is 14.1. The van der Waals surface area contributed by atoms with E-state index >= 15 is 0 Å². The summed E-state index contributed by atoms with van der Waals surface area (Å²) in [4.78, 5) is 25.4. The first-order valence-corrected chi connectivity index (χ1v) is 9.53. The highest BCUT2D eigenvalue weighted by Gasteiger charge is 2.56. The third kappa shape index (κ3) is 4.44. The molecule has 2 N–H and O–H groups in total. The molecule has 0 aliphatic heterocycles. The molecule has 0 bridgehead atoms. The van der Waals surface area contributed by atoms with Gasteiger partial charge >= 0.3 is 0 Å². The number of hydrogen-bond donors (Lipinski definition) is 2. The van der Waals surface area contributed by atoms with Crippen LogP contribution in [0.3, 0.4) is 0 Å². The summed E-state index contributed by atoms with van der Waals surface area (Å²) < 4.78 is 10.7. The van der Waals surface area contributed by atoms with E-state index in [2.05, 4.69) is 10.6 Å². The average molecular weight is 382 g/mol. The van der Waals surface area contributed by atoms with Gasteiger partial charge in [0, 0.05) is 6.54 Å². The van der Waals surface area contributed by atoms with Crippen molar-refractivity contribution in [3.63, 3.8) is 0 Å². The molecule has 0 heterocycles. The van der Waals surface area contributed by atoms with Gasteiger partial charge in [-0.3, -0.25) is 9.59 Å². The minimum atomic E-state index is -0.978. The SMILES string of the molecule is CCOc1ccccc1NC(=O)C1(C(=O)NCCc2cccc(OC)c2)CC1. The van der Waals surface area contributed by atoms with Crippen LogP contribution in [-0.2, 0) is 16.0 Å². The lowest BCUT2D eigenvalue weighted by atomic mass is 10.0. The second kappa shape index (κ2) is 8.78. The topological polar surface area (TPSA) is 76.7 Å². The van der Waals surface area contributed by atoms with Crippen LogP contribution in [0.2, 0.25) is 0 Å². The number of carbonyl (C=O) groups excluding carboxylic acids is 2. The highest BCUT2D eigenvalue weighted by atomic mass is 16.5. The molecule has 6 heteroatoms. The smallest absolute Gasteiger partial charge is 0.240 e. The number of anilines is 1. The van der Waals surface area contributed by atoms with Crippen LogP contribution < -0.4 is 20.1 Å². The molecule has 0 unspecified atom stereocenters. The zero-order valence-electron chi connectivity index (χ0n) is 16.3. The zero-order valence-corrected chi connectivity index (χ0v) is 16.3. The maximum Gasteiger partial charge on any atom is 0.240 e. The first-order valence-electron chi connectivity index (χ1n) is 9.53. The molecule has 0 spiro atoms. The molecule has 1 saturated carbocycles. The van der Waals surface area contributed by atoms with Crippen LogP contribution in [0.4, 0.5) is 5.69 Å². The Morgan fingerprint density at radius 1 is 1.07 bits per heavy atom. The van der Waals surface area contributed by atoms with Crippen LogP contribution in [0.25, 0.3) is 0 Å². The van der Waals surface area contributed by atoms with Crippen LogP contribution in [0.5, 0.6) is 11.5 Å². The summed E-state index contributed by atoms with van der Waals surface area (Å²) in [6.07, 6.45) is 1.79. The molecule has 3 rings (SSSR count). The highest BCUT2D eigenvalue weighted by molar-refractivity contribution is 6.13. The number of para-hydroxylation sites is 2. The van der Waals surface area contributed by atoms with Crippen molar-refractivity contribution in [1.82, 2.24) is 5.32 Å². The fourth-order valence-corrected chi connectivity index (χ4v) is 3.09. The molecule has 28 heavy (non-hydrogen) atoms. The Hall–Kier alpha value is -3.02. The lowest BCUT2D eigenvalue weighted by Gasteiger charge is -2.17. The molecule has 0 radical (unpaired) electrons. The fraction of sp³-hybridized carbons (Fsp3) is 0.364. The van der Waals surface area contributed by atoms with Crippen molar-refractivity contribution in [3.8, 4) is 11.5 Å². The minimum absolute atomic E-state index is 0.221. The summed E-state index contributed by atoms with van der Waals surface area (Å²) in [5.41, 5.74) is 0.678. The van der Waals surface area contributed by atoms with E-state index in [-0.39, 0.29) is 11.8 Å². The number of carbonyl (C=O) groups is 2. The van der Waals surface area contributed by atoms with E-state index in [9.17, 15) is 9.59 Å². The molecular formula is C22H26N2O4. The summed E-state index contributed by atoms with van der Waals surface area (Å²) in [5, 5.41) is 5.77. The van der Waals surface area contributed by atoms with E-state index in [1.807, 2.05) is 43.3 Å². The predicted octanol–water partition coefficient (Wildman–Crippen LogP) is 3.17. The number of nitrogens with one attached hydrogen (secondary N) is 2. The largest absolute Gasteiger partial charge is 0.497 e. The Bertz CT molecular complexity index is 846. The number of methoxy groups -OCH3 is 1. The van der Waals surface area contributed by atoms with Gasteiger partial charge in [0.05, 0.1) is 19.4 Å². The van der Waals surface area contributed by atoms with Crippen molar-refractivity contribution in [3.05, 3.63) is 54.1 Å². The van der Waals surface area contributed by atoms with Crippen molar-refractivity contribution in [2.45, 2.75) is 26.2 Å². The maximum atomic E-state index is 12.8. The lowest BCUT2D eigenvalue weighted by molar-refractivity contribution is -0.134. The molecule has 2 amide bonds. The molecule has 1 aliphatic carbocycles. The van der Waals surface area contributed by atoms with Gasteiger partial charge in [-0.25, -0.2) is 0 Å². The van der Waals surface area contributed by atoms with Gasteiger partial charge in [0.25, 0.3) is 0 Å². The standard InChI is InChI=1S/C22H26N2O4/c1-3-28-19-10-5-4-9-18(19)24-21(26)22(12-13-22)20(25)23-14-11-16-7-6-8-17(15-16)27-2/h4-10,15H,3,11-14H2,1-2H3,(H,23,25)(H,24,26). The van der Waals surface area contributed by atoms with Crippen molar-refractivity contribution in [1.29, 1.82) is 0 Å². The van der Waals surface area contributed by atoms with E-state index in [4.69, 9.17) is 9.47 Å². The number of rotatable bonds is 9. The first-order chi connectivity index (χ1) is 13.6. The Morgan fingerprint density at radius 3 is 2.57 bits per heavy atom. The zero-order chi connectivity index (χ0) is 20.0. The molecule has 2 aromatic carbocycles. The quantitative estimate of drug-likeness (QED) is 0.653. The number of benzene rings is 2. The van der Waals surface area contributed by atoms with Gasteiger partial charge in [-0.1, -0.05) is 24.3 Å². The van der Waals surface area contributed by atoms with Gasteiger partial charge in [-0.15, -0.1) is 0 Å². The van der Waals surface area contributed by atoms with Crippen LogP contribution >= 0.6 is 0 Å². The third-order valence-corrected chi connectivity index (χ3v) is 4.89. The molecule has 148 valence electrons. The average Bonchev–Trinajstić information content (AvgIpc) is 3.52. The number of hydrogen-bond acceptors (Lipinski definition) is 4. The molecule has 0 aromatic heterocycles. The Morgan fingerprint density at radius 2 is 1.86 bits per heavy atom. The van der Waals surface area contributed by atoms with Crippen molar-refractivity contribution >= 4 is 17.5 Å². The summed E-state index contributed by atoms with van der Waals surface area (Å²) in [7, 11) is 1.63. The van der Waals surface area contributed by atoms with E-state index in [0.29, 0.717) is 43.9 Å². The number of amides is 2. The Kier molecular flexibility index (Phi) is 6.19. The van der Waals surface area contributed by atoms with Crippen LogP contribution in [0.15, 0.2) is 48.5 Å². The van der Waals surface area contributed by atoms with Crippen molar-refractivity contribution in [2.24, 2.45) is 5.41 Å². The fourth-order valence-electron chi connectivity index (χ4n) is 3.09. The monoisotopic (exact) mass is 382 g/mol. The van der Waals surface area contributed by atoms with Gasteiger partial charge in [0.15, 0.2) is 0 Å². The predicted molar refractivity (Wildman–Crippen MR) is 108 cm³/mol. The molecular weight excluding hydrogens is 356 g/mol. The maximum absolute atomic E-state index is 12.8. The Labute approximate surface area is 165 Å². The summed E-state index contributed by atoms with van der Waals surface area (Å²) >= 11 is 0. The van der Waals surface area contributed by atoms with E-state index in [0.717, 1.165) is 11.3 Å². The van der Waals surface area contributed by atoms with Crippen molar-refractivity contribution < 1.29 is 19.1 Å². The molecule has 6 nitrogen and oxygen atoms in total. The van der Waals surface area contributed by atoms with Crippen LogP contribution in [0, 0.1) is 5.41 Å². The van der Waals surface area contributed by atoms with Gasteiger partial charge < -0.3 is 20.1 Å². The second-order valence-electron chi connectivity index (χ2n) is 6.82. The van der Waals surface area contributed by atoms with Gasteiger partial charge in [0.2, 0.25) is 11.8 Å². The summed E-state index contributed by atoms with van der Waals surface area (Å²) in [6, 6.07) is 15.0. The molecule has 1 aliphatic rings. The van der Waals surface area contributed by atoms with Crippen LogP contribution in [-0.4, -0.2) is 32.1 Å². The van der Waals surface area contributed by atoms with Gasteiger partial charge in [0.1, 0.15) is 16.9 Å². The van der Waals surface area contributed by atoms with Gasteiger partial charge in [-0.05, 0) is 56.0 Å². The molecule has 0 saturated heterocycles. The van der Waals surface area contributed by atoms with Crippen molar-refractivity contribution in [2.75, 3.05) is 25.6 Å². The highest BCUT2D eigenvalue weighted by Crippen LogP contribution is 2.47.